The summed E-state index contributed by atoms with van der Waals surface area (Å²) in [5.41, 5.74) is 9.62. The normalized spacial score (nSPS) is 13.9. The van der Waals surface area contributed by atoms with Crippen molar-refractivity contribution in [3.05, 3.63) is 65.2 Å². The van der Waals surface area contributed by atoms with Gasteiger partial charge in [-0.25, -0.2) is 0 Å². The van der Waals surface area contributed by atoms with Crippen molar-refractivity contribution in [2.75, 3.05) is 0 Å². The van der Waals surface area contributed by atoms with Gasteiger partial charge in [0.15, 0.2) is 0 Å². The van der Waals surface area contributed by atoms with Gasteiger partial charge in [-0.2, -0.15) is 0 Å². The van der Waals surface area contributed by atoms with Gasteiger partial charge in [0.1, 0.15) is 5.75 Å². The highest BCUT2D eigenvalue weighted by molar-refractivity contribution is 5.43. The first-order chi connectivity index (χ1) is 10.1. The summed E-state index contributed by atoms with van der Waals surface area (Å²) in [6.07, 6.45) is 2.95. The predicted octanol–water partition coefficient (Wildman–Crippen LogP) is 4.35. The molecule has 2 aromatic carbocycles. The van der Waals surface area contributed by atoms with Gasteiger partial charge in [-0.1, -0.05) is 61.4 Å². The molecule has 0 saturated heterocycles. The van der Waals surface area contributed by atoms with Crippen molar-refractivity contribution in [1.29, 1.82) is 0 Å². The van der Waals surface area contributed by atoms with Crippen LogP contribution >= 0.6 is 0 Å². The molecule has 2 rings (SSSR count). The number of phenolic OH excluding ortho intramolecular Hbond substituents is 1. The molecular weight excluding hydrogens is 258 g/mol. The first kappa shape index (κ1) is 15.6. The summed E-state index contributed by atoms with van der Waals surface area (Å²) in [4.78, 5) is 0. The molecule has 112 valence electrons. The van der Waals surface area contributed by atoms with E-state index in [0.717, 1.165) is 30.4 Å². The Hall–Kier alpha value is -1.80. The zero-order chi connectivity index (χ0) is 15.2. The largest absolute Gasteiger partial charge is 0.508 e. The molecule has 0 radical (unpaired) electrons. The molecule has 0 aliphatic heterocycles. The first-order valence-corrected chi connectivity index (χ1v) is 7.71. The number of hydrogen-bond acceptors (Lipinski definition) is 2. The fourth-order valence-corrected chi connectivity index (χ4v) is 2.87. The molecule has 2 atom stereocenters. The quantitative estimate of drug-likeness (QED) is 0.828. The second-order valence-corrected chi connectivity index (χ2v) is 5.81. The zero-order valence-electron chi connectivity index (χ0n) is 12.9. The van der Waals surface area contributed by atoms with E-state index in [1.807, 2.05) is 24.3 Å². The third-order valence-electron chi connectivity index (χ3n) is 3.96. The lowest BCUT2D eigenvalue weighted by molar-refractivity contribution is 0.455. The van der Waals surface area contributed by atoms with E-state index in [1.165, 1.54) is 5.56 Å². The molecule has 2 aromatic rings. The Balaban J connectivity index is 2.38. The SMILES string of the molecule is CCCC(N)CC(c1ccccc1)c1cc(C)ccc1O. The van der Waals surface area contributed by atoms with Crippen LogP contribution in [0.2, 0.25) is 0 Å². The second kappa shape index (κ2) is 7.28. The molecule has 0 amide bonds. The molecule has 0 aliphatic carbocycles. The van der Waals surface area contributed by atoms with Gasteiger partial charge >= 0.3 is 0 Å². The topological polar surface area (TPSA) is 46.2 Å². The predicted molar refractivity (Wildman–Crippen MR) is 88.6 cm³/mol. The van der Waals surface area contributed by atoms with Crippen LogP contribution in [0.25, 0.3) is 0 Å². The Morgan fingerprint density at radius 1 is 1.10 bits per heavy atom. The van der Waals surface area contributed by atoms with Gasteiger partial charge in [-0.3, -0.25) is 0 Å². The summed E-state index contributed by atoms with van der Waals surface area (Å²) in [6, 6.07) is 16.3. The summed E-state index contributed by atoms with van der Waals surface area (Å²) < 4.78 is 0. The highest BCUT2D eigenvalue weighted by atomic mass is 16.3. The Morgan fingerprint density at radius 3 is 2.48 bits per heavy atom. The molecule has 0 bridgehead atoms. The van der Waals surface area contributed by atoms with Crippen molar-refractivity contribution in [3.63, 3.8) is 0 Å². The Kier molecular flexibility index (Phi) is 5.40. The van der Waals surface area contributed by atoms with Gasteiger partial charge in [0, 0.05) is 17.5 Å². The Bertz CT molecular complexity index is 565. The van der Waals surface area contributed by atoms with Crippen molar-refractivity contribution in [2.45, 2.75) is 45.1 Å². The molecule has 0 heterocycles. The van der Waals surface area contributed by atoms with Crippen molar-refractivity contribution >= 4 is 0 Å². The lowest BCUT2D eigenvalue weighted by Gasteiger charge is -2.23. The molecule has 0 aliphatic rings. The van der Waals surface area contributed by atoms with Crippen molar-refractivity contribution < 1.29 is 5.11 Å². The monoisotopic (exact) mass is 283 g/mol. The van der Waals surface area contributed by atoms with Gasteiger partial charge in [0.2, 0.25) is 0 Å². The van der Waals surface area contributed by atoms with Crippen molar-refractivity contribution in [1.82, 2.24) is 0 Å². The Morgan fingerprint density at radius 2 is 1.81 bits per heavy atom. The van der Waals surface area contributed by atoms with Crippen LogP contribution in [0.5, 0.6) is 5.75 Å². The molecule has 3 N–H and O–H groups in total. The average Bonchev–Trinajstić information content (AvgIpc) is 2.49. The van der Waals surface area contributed by atoms with Crippen LogP contribution in [0, 0.1) is 6.92 Å². The van der Waals surface area contributed by atoms with Crippen LogP contribution in [0.1, 0.15) is 48.8 Å². The average molecular weight is 283 g/mol. The van der Waals surface area contributed by atoms with Crippen LogP contribution < -0.4 is 5.73 Å². The van der Waals surface area contributed by atoms with Gasteiger partial charge in [-0.05, 0) is 31.4 Å². The van der Waals surface area contributed by atoms with Gasteiger partial charge < -0.3 is 10.8 Å². The fraction of sp³-hybridized carbons (Fsp3) is 0.368. The van der Waals surface area contributed by atoms with Gasteiger partial charge in [-0.15, -0.1) is 0 Å². The van der Waals surface area contributed by atoms with Crippen LogP contribution in [0.4, 0.5) is 0 Å². The van der Waals surface area contributed by atoms with E-state index in [9.17, 15) is 5.11 Å². The molecule has 0 fully saturated rings. The summed E-state index contributed by atoms with van der Waals surface area (Å²) in [5, 5.41) is 10.3. The molecule has 0 saturated carbocycles. The minimum absolute atomic E-state index is 0.146. The standard InChI is InChI=1S/C19H25NO/c1-3-7-16(20)13-17(15-8-5-4-6-9-15)18-12-14(2)10-11-19(18)21/h4-6,8-12,16-17,21H,3,7,13,20H2,1-2H3. The fourth-order valence-electron chi connectivity index (χ4n) is 2.87. The summed E-state index contributed by atoms with van der Waals surface area (Å²) in [7, 11) is 0. The number of rotatable bonds is 6. The summed E-state index contributed by atoms with van der Waals surface area (Å²) in [6.45, 7) is 4.21. The van der Waals surface area contributed by atoms with Crippen LogP contribution in [-0.2, 0) is 0 Å². The number of nitrogens with two attached hydrogens (primary N) is 1. The van der Waals surface area contributed by atoms with Gasteiger partial charge in [0.05, 0.1) is 0 Å². The van der Waals surface area contributed by atoms with E-state index in [4.69, 9.17) is 5.73 Å². The van der Waals surface area contributed by atoms with E-state index in [-0.39, 0.29) is 12.0 Å². The number of aryl methyl sites for hydroxylation is 1. The Labute approximate surface area is 127 Å². The van der Waals surface area contributed by atoms with E-state index < -0.39 is 0 Å². The molecular formula is C19H25NO. The lowest BCUT2D eigenvalue weighted by Crippen LogP contribution is -2.23. The lowest BCUT2D eigenvalue weighted by atomic mass is 9.84. The third kappa shape index (κ3) is 4.08. The molecule has 2 nitrogen and oxygen atoms in total. The molecule has 21 heavy (non-hydrogen) atoms. The van der Waals surface area contributed by atoms with Crippen molar-refractivity contribution in [3.8, 4) is 5.75 Å². The minimum Gasteiger partial charge on any atom is -0.508 e. The molecule has 0 spiro atoms. The van der Waals surface area contributed by atoms with Crippen LogP contribution in [0.3, 0.4) is 0 Å². The molecule has 2 unspecified atom stereocenters. The maximum Gasteiger partial charge on any atom is 0.119 e. The molecule has 0 aromatic heterocycles. The smallest absolute Gasteiger partial charge is 0.119 e. The van der Waals surface area contributed by atoms with E-state index in [2.05, 4.69) is 32.0 Å². The highest BCUT2D eigenvalue weighted by Crippen LogP contribution is 2.35. The van der Waals surface area contributed by atoms with Crippen LogP contribution in [-0.4, -0.2) is 11.1 Å². The second-order valence-electron chi connectivity index (χ2n) is 5.81. The molecule has 2 heteroatoms. The first-order valence-electron chi connectivity index (χ1n) is 7.71. The number of hydrogen-bond donors (Lipinski definition) is 2. The highest BCUT2D eigenvalue weighted by Gasteiger charge is 2.20. The third-order valence-corrected chi connectivity index (χ3v) is 3.96. The summed E-state index contributed by atoms with van der Waals surface area (Å²) >= 11 is 0. The maximum absolute atomic E-state index is 10.3. The van der Waals surface area contributed by atoms with Gasteiger partial charge in [0.25, 0.3) is 0 Å². The van der Waals surface area contributed by atoms with E-state index >= 15 is 0 Å². The van der Waals surface area contributed by atoms with E-state index in [0.29, 0.717) is 5.75 Å². The van der Waals surface area contributed by atoms with E-state index in [1.54, 1.807) is 6.07 Å². The van der Waals surface area contributed by atoms with Crippen LogP contribution in [0.15, 0.2) is 48.5 Å². The minimum atomic E-state index is 0.146. The number of phenols is 1. The van der Waals surface area contributed by atoms with Crippen molar-refractivity contribution in [2.24, 2.45) is 5.73 Å². The summed E-state index contributed by atoms with van der Waals surface area (Å²) in [5.74, 6) is 0.505. The number of aromatic hydroxyl groups is 1. The maximum atomic E-state index is 10.3. The number of benzene rings is 2. The zero-order valence-corrected chi connectivity index (χ0v) is 12.9.